The molecule has 1 amide bonds. The van der Waals surface area contributed by atoms with Gasteiger partial charge in [-0.3, -0.25) is 4.79 Å². The lowest BCUT2D eigenvalue weighted by atomic mass is 9.84. The molecular formula is C22H23ClN2O2. The average molecular weight is 383 g/mol. The van der Waals surface area contributed by atoms with Crippen LogP contribution in [0.15, 0.2) is 59.0 Å². The number of oxazole rings is 1. The zero-order chi connectivity index (χ0) is 19.4. The molecule has 0 saturated carbocycles. The molecule has 0 aliphatic rings. The van der Waals surface area contributed by atoms with Crippen molar-refractivity contribution in [2.75, 3.05) is 6.54 Å². The van der Waals surface area contributed by atoms with E-state index in [9.17, 15) is 4.79 Å². The van der Waals surface area contributed by atoms with Crippen molar-refractivity contribution in [3.05, 3.63) is 76.6 Å². The number of amides is 1. The number of nitrogens with zero attached hydrogens (tertiary/aromatic N) is 1. The van der Waals surface area contributed by atoms with E-state index >= 15 is 0 Å². The van der Waals surface area contributed by atoms with E-state index in [-0.39, 0.29) is 17.7 Å². The van der Waals surface area contributed by atoms with E-state index in [0.29, 0.717) is 28.9 Å². The van der Waals surface area contributed by atoms with Crippen molar-refractivity contribution in [3.8, 4) is 11.5 Å². The Morgan fingerprint density at radius 3 is 2.59 bits per heavy atom. The van der Waals surface area contributed by atoms with Gasteiger partial charge in [0.2, 0.25) is 11.8 Å². The lowest BCUT2D eigenvalue weighted by molar-refractivity contribution is -0.120. The standard InChI is InChI=1S/C22H23ClN2O2/c1-15-19(25-21(27-15)16-8-5-4-6-9-16)13-20(26)24-14-22(2,3)17-10-7-11-18(23)12-17/h4-12H,13-14H2,1-3H3,(H,24,26). The van der Waals surface area contributed by atoms with Crippen LogP contribution in [0.5, 0.6) is 0 Å². The molecule has 1 heterocycles. The summed E-state index contributed by atoms with van der Waals surface area (Å²) < 4.78 is 5.72. The van der Waals surface area contributed by atoms with Crippen LogP contribution in [-0.4, -0.2) is 17.4 Å². The molecule has 3 aromatic rings. The van der Waals surface area contributed by atoms with Crippen molar-refractivity contribution in [2.24, 2.45) is 0 Å². The van der Waals surface area contributed by atoms with E-state index in [4.69, 9.17) is 16.0 Å². The number of halogens is 1. The summed E-state index contributed by atoms with van der Waals surface area (Å²) in [6.45, 7) is 6.49. The normalized spacial score (nSPS) is 11.4. The highest BCUT2D eigenvalue weighted by atomic mass is 35.5. The van der Waals surface area contributed by atoms with Crippen LogP contribution in [0.25, 0.3) is 11.5 Å². The number of benzene rings is 2. The Morgan fingerprint density at radius 1 is 1.15 bits per heavy atom. The Balaban J connectivity index is 1.64. The first kappa shape index (κ1) is 19.2. The smallest absolute Gasteiger partial charge is 0.226 e. The summed E-state index contributed by atoms with van der Waals surface area (Å²) in [5.41, 5.74) is 2.41. The highest BCUT2D eigenvalue weighted by Gasteiger charge is 2.22. The monoisotopic (exact) mass is 382 g/mol. The fraction of sp³-hybridized carbons (Fsp3) is 0.273. The largest absolute Gasteiger partial charge is 0.441 e. The van der Waals surface area contributed by atoms with Gasteiger partial charge >= 0.3 is 0 Å². The molecule has 0 saturated heterocycles. The second-order valence-electron chi connectivity index (χ2n) is 7.24. The van der Waals surface area contributed by atoms with Gasteiger partial charge in [-0.05, 0) is 36.8 Å². The molecule has 0 atom stereocenters. The number of aromatic nitrogens is 1. The molecule has 0 radical (unpaired) electrons. The van der Waals surface area contributed by atoms with Gasteiger partial charge in [0.1, 0.15) is 5.76 Å². The van der Waals surface area contributed by atoms with Crippen LogP contribution in [0, 0.1) is 6.92 Å². The summed E-state index contributed by atoms with van der Waals surface area (Å²) in [5.74, 6) is 1.12. The van der Waals surface area contributed by atoms with Gasteiger partial charge < -0.3 is 9.73 Å². The summed E-state index contributed by atoms with van der Waals surface area (Å²) in [7, 11) is 0. The molecule has 1 aromatic heterocycles. The van der Waals surface area contributed by atoms with Gasteiger partial charge in [0.25, 0.3) is 0 Å². The number of rotatable bonds is 6. The van der Waals surface area contributed by atoms with Gasteiger partial charge in [0.05, 0.1) is 12.1 Å². The summed E-state index contributed by atoms with van der Waals surface area (Å²) >= 11 is 6.09. The topological polar surface area (TPSA) is 55.1 Å². The third-order valence-corrected chi connectivity index (χ3v) is 4.81. The van der Waals surface area contributed by atoms with Crippen molar-refractivity contribution in [1.82, 2.24) is 10.3 Å². The highest BCUT2D eigenvalue weighted by molar-refractivity contribution is 6.30. The first-order valence-electron chi connectivity index (χ1n) is 8.89. The maximum absolute atomic E-state index is 12.4. The molecule has 4 nitrogen and oxygen atoms in total. The van der Waals surface area contributed by atoms with Gasteiger partial charge in [0, 0.05) is 22.5 Å². The molecule has 2 aromatic carbocycles. The van der Waals surface area contributed by atoms with Crippen molar-refractivity contribution in [2.45, 2.75) is 32.6 Å². The number of aryl methyl sites for hydroxylation is 1. The quantitative estimate of drug-likeness (QED) is 0.656. The van der Waals surface area contributed by atoms with Crippen LogP contribution in [0.3, 0.4) is 0 Å². The molecule has 3 rings (SSSR count). The third-order valence-electron chi connectivity index (χ3n) is 4.57. The van der Waals surface area contributed by atoms with Crippen LogP contribution in [-0.2, 0) is 16.6 Å². The minimum atomic E-state index is -0.228. The molecule has 0 fully saturated rings. The molecular weight excluding hydrogens is 360 g/mol. The maximum atomic E-state index is 12.4. The van der Waals surface area contributed by atoms with Crippen LogP contribution >= 0.6 is 11.6 Å². The van der Waals surface area contributed by atoms with Gasteiger partial charge in [0.15, 0.2) is 0 Å². The number of hydrogen-bond donors (Lipinski definition) is 1. The molecule has 140 valence electrons. The molecule has 0 aliphatic carbocycles. The maximum Gasteiger partial charge on any atom is 0.226 e. The van der Waals surface area contributed by atoms with Crippen molar-refractivity contribution < 1.29 is 9.21 Å². The number of nitrogens with one attached hydrogen (secondary N) is 1. The van der Waals surface area contributed by atoms with Gasteiger partial charge in [-0.25, -0.2) is 4.98 Å². The van der Waals surface area contributed by atoms with Crippen molar-refractivity contribution in [3.63, 3.8) is 0 Å². The van der Waals surface area contributed by atoms with Gasteiger partial charge in [-0.2, -0.15) is 0 Å². The molecule has 5 heteroatoms. The van der Waals surface area contributed by atoms with Gasteiger partial charge in [-0.15, -0.1) is 0 Å². The minimum absolute atomic E-state index is 0.0823. The average Bonchev–Trinajstić information content (AvgIpc) is 3.01. The SMILES string of the molecule is Cc1oc(-c2ccccc2)nc1CC(=O)NCC(C)(C)c1cccc(Cl)c1. The van der Waals surface area contributed by atoms with Crippen molar-refractivity contribution >= 4 is 17.5 Å². The first-order valence-corrected chi connectivity index (χ1v) is 9.27. The zero-order valence-corrected chi connectivity index (χ0v) is 16.5. The fourth-order valence-corrected chi connectivity index (χ4v) is 3.03. The minimum Gasteiger partial charge on any atom is -0.441 e. The zero-order valence-electron chi connectivity index (χ0n) is 15.8. The third kappa shape index (κ3) is 4.77. The molecule has 27 heavy (non-hydrogen) atoms. The number of hydrogen-bond acceptors (Lipinski definition) is 3. The Bertz CT molecular complexity index is 932. The van der Waals surface area contributed by atoms with E-state index in [1.54, 1.807) is 0 Å². The summed E-state index contributed by atoms with van der Waals surface area (Å²) in [4.78, 5) is 16.9. The Labute approximate surface area is 164 Å². The summed E-state index contributed by atoms with van der Waals surface area (Å²) in [6.07, 6.45) is 0.188. The molecule has 0 bridgehead atoms. The van der Waals surface area contributed by atoms with E-state index < -0.39 is 0 Å². The number of carbonyl (C=O) groups is 1. The van der Waals surface area contributed by atoms with Crippen LogP contribution in [0.2, 0.25) is 5.02 Å². The second kappa shape index (κ2) is 7.97. The predicted octanol–water partition coefficient (Wildman–Crippen LogP) is 4.94. The van der Waals surface area contributed by atoms with E-state index in [2.05, 4.69) is 24.1 Å². The number of carbonyl (C=O) groups excluding carboxylic acids is 1. The Morgan fingerprint density at radius 2 is 1.89 bits per heavy atom. The Hall–Kier alpha value is -2.59. The highest BCUT2D eigenvalue weighted by Crippen LogP contribution is 2.25. The molecule has 0 spiro atoms. The lowest BCUT2D eigenvalue weighted by Gasteiger charge is -2.25. The van der Waals surface area contributed by atoms with Crippen LogP contribution < -0.4 is 5.32 Å². The van der Waals surface area contributed by atoms with E-state index in [1.165, 1.54) is 0 Å². The lowest BCUT2D eigenvalue weighted by Crippen LogP contribution is -2.37. The van der Waals surface area contributed by atoms with Crippen molar-refractivity contribution in [1.29, 1.82) is 0 Å². The summed E-state index contributed by atoms with van der Waals surface area (Å²) in [5, 5.41) is 3.70. The van der Waals surface area contributed by atoms with Crippen LogP contribution in [0.4, 0.5) is 0 Å². The fourth-order valence-electron chi connectivity index (χ4n) is 2.84. The van der Waals surface area contributed by atoms with E-state index in [0.717, 1.165) is 11.1 Å². The van der Waals surface area contributed by atoms with E-state index in [1.807, 2.05) is 61.5 Å². The van der Waals surface area contributed by atoms with Crippen LogP contribution in [0.1, 0.15) is 30.9 Å². The molecule has 1 N–H and O–H groups in total. The predicted molar refractivity (Wildman–Crippen MR) is 108 cm³/mol. The molecule has 0 aliphatic heterocycles. The second-order valence-corrected chi connectivity index (χ2v) is 7.67. The first-order chi connectivity index (χ1) is 12.8. The summed E-state index contributed by atoms with van der Waals surface area (Å²) in [6, 6.07) is 17.4. The Kier molecular flexibility index (Phi) is 5.66. The molecule has 0 unspecified atom stereocenters. The van der Waals surface area contributed by atoms with Gasteiger partial charge in [-0.1, -0.05) is 55.8 Å².